The summed E-state index contributed by atoms with van der Waals surface area (Å²) in [5.41, 5.74) is 0. The molecular formula is C16H30IN5OS. The van der Waals surface area contributed by atoms with E-state index in [9.17, 15) is 4.79 Å². The molecule has 0 aliphatic carbocycles. The van der Waals surface area contributed by atoms with Crippen LogP contribution in [0.1, 0.15) is 31.7 Å². The van der Waals surface area contributed by atoms with Gasteiger partial charge in [0.1, 0.15) is 6.54 Å². The summed E-state index contributed by atoms with van der Waals surface area (Å²) in [4.78, 5) is 24.3. The fourth-order valence-corrected chi connectivity index (χ4v) is 2.63. The lowest BCUT2D eigenvalue weighted by Gasteiger charge is -2.25. The van der Waals surface area contributed by atoms with E-state index in [2.05, 4.69) is 41.0 Å². The Labute approximate surface area is 166 Å². The zero-order valence-corrected chi connectivity index (χ0v) is 18.6. The quantitative estimate of drug-likeness (QED) is 0.380. The van der Waals surface area contributed by atoms with E-state index in [1.165, 1.54) is 0 Å². The number of likely N-dealkylation sites (N-methyl/N-ethyl adjacent to an activating group) is 2. The van der Waals surface area contributed by atoms with Crippen LogP contribution in [0.15, 0.2) is 16.6 Å². The van der Waals surface area contributed by atoms with Gasteiger partial charge in [-0.1, -0.05) is 20.8 Å². The molecule has 1 atom stereocenters. The van der Waals surface area contributed by atoms with E-state index in [0.717, 1.165) is 24.1 Å². The zero-order chi connectivity index (χ0) is 17.4. The van der Waals surface area contributed by atoms with E-state index in [1.54, 1.807) is 30.3 Å². The van der Waals surface area contributed by atoms with Crippen LogP contribution in [0.2, 0.25) is 0 Å². The molecule has 0 spiro atoms. The number of guanidine groups is 1. The van der Waals surface area contributed by atoms with E-state index < -0.39 is 0 Å². The Morgan fingerprint density at radius 3 is 2.50 bits per heavy atom. The lowest BCUT2D eigenvalue weighted by Crippen LogP contribution is -2.42. The highest BCUT2D eigenvalue weighted by atomic mass is 127. The highest BCUT2D eigenvalue weighted by Gasteiger charge is 2.15. The van der Waals surface area contributed by atoms with Crippen LogP contribution >= 0.6 is 35.3 Å². The number of halogens is 1. The van der Waals surface area contributed by atoms with Crippen molar-refractivity contribution in [2.75, 3.05) is 40.8 Å². The van der Waals surface area contributed by atoms with E-state index in [4.69, 9.17) is 0 Å². The van der Waals surface area contributed by atoms with Crippen LogP contribution in [-0.4, -0.2) is 67.4 Å². The van der Waals surface area contributed by atoms with Crippen molar-refractivity contribution in [2.24, 2.45) is 10.9 Å². The highest BCUT2D eigenvalue weighted by Crippen LogP contribution is 2.18. The first-order valence-corrected chi connectivity index (χ1v) is 8.78. The van der Waals surface area contributed by atoms with Crippen LogP contribution in [0, 0.1) is 5.92 Å². The number of nitrogens with zero attached hydrogens (tertiary/aromatic N) is 4. The smallest absolute Gasteiger partial charge is 0.243 e. The lowest BCUT2D eigenvalue weighted by atomic mass is 10.2. The van der Waals surface area contributed by atoms with Gasteiger partial charge < -0.3 is 15.1 Å². The maximum absolute atomic E-state index is 11.8. The second kappa shape index (κ2) is 11.6. The van der Waals surface area contributed by atoms with Gasteiger partial charge in [-0.15, -0.1) is 35.3 Å². The predicted octanol–water partition coefficient (Wildman–Crippen LogP) is 2.49. The zero-order valence-electron chi connectivity index (χ0n) is 15.4. The summed E-state index contributed by atoms with van der Waals surface area (Å²) < 4.78 is 0. The molecule has 0 saturated heterocycles. The number of hydrogen-bond acceptors (Lipinski definition) is 4. The molecule has 6 nitrogen and oxygen atoms in total. The first-order valence-electron chi connectivity index (χ1n) is 7.90. The number of aliphatic imine (C=N–C) groups is 1. The van der Waals surface area contributed by atoms with Crippen LogP contribution in [0.5, 0.6) is 0 Å². The summed E-state index contributed by atoms with van der Waals surface area (Å²) in [6.45, 7) is 8.23. The average molecular weight is 467 g/mol. The molecule has 1 unspecified atom stereocenters. The molecular weight excluding hydrogens is 437 g/mol. The molecule has 1 aromatic heterocycles. The normalized spacial score (nSPS) is 12.5. The Morgan fingerprint density at radius 1 is 1.33 bits per heavy atom. The molecule has 1 rings (SSSR count). The second-order valence-corrected chi connectivity index (χ2v) is 7.28. The molecule has 1 N–H and O–H groups in total. The number of nitrogens with one attached hydrogen (secondary N) is 1. The van der Waals surface area contributed by atoms with Gasteiger partial charge in [0.15, 0.2) is 5.96 Å². The van der Waals surface area contributed by atoms with Crippen molar-refractivity contribution in [2.45, 2.75) is 26.7 Å². The Morgan fingerprint density at radius 2 is 2.00 bits per heavy atom. The fraction of sp³-hybridized carbons (Fsp3) is 0.688. The number of carbonyl (C=O) groups is 1. The Hall–Kier alpha value is -0.900. The summed E-state index contributed by atoms with van der Waals surface area (Å²) in [7, 11) is 5.48. The van der Waals surface area contributed by atoms with Crippen molar-refractivity contribution in [3.05, 3.63) is 16.6 Å². The van der Waals surface area contributed by atoms with Crippen molar-refractivity contribution in [3.63, 3.8) is 0 Å². The molecule has 1 amide bonds. The number of rotatable bonds is 7. The van der Waals surface area contributed by atoms with Gasteiger partial charge in [0, 0.05) is 51.7 Å². The standard InChI is InChI=1S/C16H29N5OS.HI/c1-12(2)9-18-16(19-10-14(22)20(4)5)21(6)11-13(3)15-17-7-8-23-15;/h7-8,12-13H,9-11H2,1-6H3,(H,18,19);1H. The molecule has 0 aliphatic rings. The van der Waals surface area contributed by atoms with Gasteiger partial charge >= 0.3 is 0 Å². The van der Waals surface area contributed by atoms with Gasteiger partial charge in [0.05, 0.1) is 5.01 Å². The topological polar surface area (TPSA) is 60.8 Å². The lowest BCUT2D eigenvalue weighted by molar-refractivity contribution is -0.127. The van der Waals surface area contributed by atoms with Gasteiger partial charge in [-0.25, -0.2) is 9.98 Å². The molecule has 0 aliphatic heterocycles. The van der Waals surface area contributed by atoms with Crippen molar-refractivity contribution < 1.29 is 4.79 Å². The van der Waals surface area contributed by atoms with Crippen LogP contribution < -0.4 is 5.32 Å². The van der Waals surface area contributed by atoms with Gasteiger partial charge in [-0.05, 0) is 5.92 Å². The molecule has 24 heavy (non-hydrogen) atoms. The van der Waals surface area contributed by atoms with Gasteiger partial charge in [-0.2, -0.15) is 0 Å². The maximum atomic E-state index is 11.8. The third kappa shape index (κ3) is 8.27. The monoisotopic (exact) mass is 467 g/mol. The van der Waals surface area contributed by atoms with E-state index >= 15 is 0 Å². The Bertz CT molecular complexity index is 505. The van der Waals surface area contributed by atoms with Crippen LogP contribution in [0.4, 0.5) is 0 Å². The predicted molar refractivity (Wildman–Crippen MR) is 112 cm³/mol. The van der Waals surface area contributed by atoms with Crippen LogP contribution in [0.3, 0.4) is 0 Å². The number of thiazole rings is 1. The van der Waals surface area contributed by atoms with Crippen LogP contribution in [0.25, 0.3) is 0 Å². The molecule has 1 heterocycles. The minimum atomic E-state index is -0.00443. The summed E-state index contributed by atoms with van der Waals surface area (Å²) >= 11 is 1.67. The number of aromatic nitrogens is 1. The summed E-state index contributed by atoms with van der Waals surface area (Å²) in [5, 5.41) is 6.46. The number of amides is 1. The minimum absolute atomic E-state index is 0. The molecule has 0 fully saturated rings. The average Bonchev–Trinajstić information content (AvgIpc) is 3.00. The largest absolute Gasteiger partial charge is 0.356 e. The summed E-state index contributed by atoms with van der Waals surface area (Å²) in [6, 6.07) is 0. The molecule has 138 valence electrons. The minimum Gasteiger partial charge on any atom is -0.356 e. The van der Waals surface area contributed by atoms with Crippen molar-refractivity contribution >= 4 is 47.2 Å². The summed E-state index contributed by atoms with van der Waals surface area (Å²) in [6.07, 6.45) is 1.83. The fourth-order valence-electron chi connectivity index (χ4n) is 1.94. The molecule has 8 heteroatoms. The van der Waals surface area contributed by atoms with E-state index in [-0.39, 0.29) is 36.4 Å². The van der Waals surface area contributed by atoms with Crippen molar-refractivity contribution in [1.29, 1.82) is 0 Å². The molecule has 1 aromatic rings. The summed E-state index contributed by atoms with van der Waals surface area (Å²) in [5.74, 6) is 1.58. The third-order valence-electron chi connectivity index (χ3n) is 3.31. The van der Waals surface area contributed by atoms with E-state index in [1.807, 2.05) is 18.6 Å². The van der Waals surface area contributed by atoms with Crippen molar-refractivity contribution in [3.8, 4) is 0 Å². The van der Waals surface area contributed by atoms with Gasteiger partial charge in [-0.3, -0.25) is 4.79 Å². The Kier molecular flexibility index (Phi) is 11.2. The van der Waals surface area contributed by atoms with Crippen LogP contribution in [-0.2, 0) is 4.79 Å². The second-order valence-electron chi connectivity index (χ2n) is 6.35. The first-order chi connectivity index (χ1) is 10.8. The number of carbonyl (C=O) groups excluding carboxylic acids is 1. The Balaban J connectivity index is 0.00000529. The maximum Gasteiger partial charge on any atom is 0.243 e. The third-order valence-corrected chi connectivity index (χ3v) is 4.32. The SMILES string of the molecule is CC(C)CNC(=NCC(=O)N(C)C)N(C)CC(C)c1nccs1.I. The van der Waals surface area contributed by atoms with Crippen molar-refractivity contribution in [1.82, 2.24) is 20.1 Å². The molecule has 0 radical (unpaired) electrons. The van der Waals surface area contributed by atoms with Gasteiger partial charge in [0.25, 0.3) is 0 Å². The molecule has 0 saturated carbocycles. The highest BCUT2D eigenvalue weighted by molar-refractivity contribution is 14.0. The number of hydrogen-bond donors (Lipinski definition) is 1. The van der Waals surface area contributed by atoms with E-state index in [0.29, 0.717) is 11.8 Å². The molecule has 0 aromatic carbocycles. The van der Waals surface area contributed by atoms with Gasteiger partial charge in [0.2, 0.25) is 5.91 Å². The molecule has 0 bridgehead atoms. The first kappa shape index (κ1) is 23.1.